The van der Waals surface area contributed by atoms with Crippen LogP contribution in [-0.4, -0.2) is 41.5 Å². The Morgan fingerprint density at radius 3 is 2.74 bits per heavy atom. The first-order valence-electron chi connectivity index (χ1n) is 11.6. The summed E-state index contributed by atoms with van der Waals surface area (Å²) in [6.45, 7) is 1.60. The average Bonchev–Trinajstić information content (AvgIpc) is 3.10. The molecule has 0 spiro atoms. The molecule has 2 fully saturated rings. The standard InChI is InChI=1S/C24H33N5O2/c25-13-10-24(11-14-26-15-12-24)29-23(31)20(16-17-6-2-1-3-7-17)27-21-18-8-4-5-9-19(18)22(30)28-21/h4-5,8-9,17,20,22,26,30H,1-3,6-7,10-12,14-16H2,(H,27,28)(H,29,31). The molecule has 1 aromatic rings. The van der Waals surface area contributed by atoms with E-state index in [-0.39, 0.29) is 5.91 Å². The van der Waals surface area contributed by atoms with Gasteiger partial charge in [0.05, 0.1) is 18.0 Å². The molecular formula is C24H33N5O2. The normalized spacial score (nSPS) is 23.9. The molecule has 1 saturated heterocycles. The van der Waals surface area contributed by atoms with Gasteiger partial charge in [0, 0.05) is 11.1 Å². The zero-order valence-electron chi connectivity index (χ0n) is 18.1. The fourth-order valence-electron chi connectivity index (χ4n) is 5.22. The maximum absolute atomic E-state index is 13.5. The zero-order valence-corrected chi connectivity index (χ0v) is 18.1. The Kier molecular flexibility index (Phi) is 6.89. The van der Waals surface area contributed by atoms with Crippen LogP contribution in [0.5, 0.6) is 0 Å². The molecule has 3 aliphatic rings. The maximum atomic E-state index is 13.5. The molecule has 2 heterocycles. The number of aliphatic hydroxyl groups is 1. The molecule has 1 amide bonds. The number of rotatable bonds is 6. The van der Waals surface area contributed by atoms with Gasteiger partial charge in [-0.2, -0.15) is 5.26 Å². The maximum Gasteiger partial charge on any atom is 0.243 e. The van der Waals surface area contributed by atoms with Crippen LogP contribution in [0.3, 0.4) is 0 Å². The molecule has 1 aromatic carbocycles. The number of fused-ring (bicyclic) bond motifs is 1. The Bertz CT molecular complexity index is 850. The minimum Gasteiger partial charge on any atom is -0.368 e. The van der Waals surface area contributed by atoms with E-state index in [4.69, 9.17) is 0 Å². The van der Waals surface area contributed by atoms with Gasteiger partial charge in [-0.25, -0.2) is 4.99 Å². The van der Waals surface area contributed by atoms with Crippen LogP contribution in [0.1, 0.15) is 75.1 Å². The van der Waals surface area contributed by atoms with E-state index < -0.39 is 17.8 Å². The predicted molar refractivity (Wildman–Crippen MR) is 119 cm³/mol. The van der Waals surface area contributed by atoms with Crippen LogP contribution < -0.4 is 16.0 Å². The van der Waals surface area contributed by atoms with Gasteiger partial charge in [0.15, 0.2) is 6.23 Å². The summed E-state index contributed by atoms with van der Waals surface area (Å²) in [4.78, 5) is 17.9. The molecule has 0 aromatic heterocycles. The topological polar surface area (TPSA) is 110 Å². The highest BCUT2D eigenvalue weighted by Crippen LogP contribution is 2.30. The Morgan fingerprint density at radius 2 is 2.00 bits per heavy atom. The minimum atomic E-state index is -0.897. The van der Waals surface area contributed by atoms with Gasteiger partial charge in [-0.3, -0.25) is 4.79 Å². The fraction of sp³-hybridized carbons (Fsp3) is 0.625. The summed E-state index contributed by atoms with van der Waals surface area (Å²) in [6.07, 6.45) is 7.65. The first kappa shape index (κ1) is 21.8. The third-order valence-electron chi connectivity index (χ3n) is 7.03. The number of amidine groups is 1. The van der Waals surface area contributed by atoms with Crippen molar-refractivity contribution in [3.8, 4) is 6.07 Å². The van der Waals surface area contributed by atoms with Crippen LogP contribution in [0, 0.1) is 17.2 Å². The molecule has 1 aliphatic carbocycles. The van der Waals surface area contributed by atoms with Gasteiger partial charge in [-0.05, 0) is 38.3 Å². The number of benzene rings is 1. The summed E-state index contributed by atoms with van der Waals surface area (Å²) in [5.74, 6) is 1.02. The Hall–Kier alpha value is -2.43. The molecule has 2 atom stereocenters. The molecule has 2 unspecified atom stereocenters. The molecule has 166 valence electrons. The number of amides is 1. The smallest absolute Gasteiger partial charge is 0.243 e. The van der Waals surface area contributed by atoms with Crippen LogP contribution in [-0.2, 0) is 4.79 Å². The summed E-state index contributed by atoms with van der Waals surface area (Å²) in [5, 5.41) is 29.7. The molecular weight excluding hydrogens is 390 g/mol. The van der Waals surface area contributed by atoms with E-state index in [0.29, 0.717) is 18.2 Å². The average molecular weight is 424 g/mol. The lowest BCUT2D eigenvalue weighted by Crippen LogP contribution is -2.59. The van der Waals surface area contributed by atoms with Crippen molar-refractivity contribution in [1.29, 1.82) is 5.26 Å². The van der Waals surface area contributed by atoms with E-state index in [1.54, 1.807) is 0 Å². The first-order valence-corrected chi connectivity index (χ1v) is 11.6. The summed E-state index contributed by atoms with van der Waals surface area (Å²) >= 11 is 0. The van der Waals surface area contributed by atoms with E-state index in [2.05, 4.69) is 27.0 Å². The molecule has 31 heavy (non-hydrogen) atoms. The monoisotopic (exact) mass is 423 g/mol. The zero-order chi connectivity index (χ0) is 21.7. The van der Waals surface area contributed by atoms with E-state index in [0.717, 1.165) is 56.3 Å². The summed E-state index contributed by atoms with van der Waals surface area (Å²) in [7, 11) is 0. The molecule has 1 saturated carbocycles. The van der Waals surface area contributed by atoms with E-state index in [1.165, 1.54) is 19.3 Å². The third-order valence-corrected chi connectivity index (χ3v) is 7.03. The number of hydrogen-bond donors (Lipinski definition) is 4. The number of carbonyl (C=O) groups is 1. The minimum absolute atomic E-state index is 0.0655. The number of nitrogens with one attached hydrogen (secondary N) is 3. The number of nitrogens with zero attached hydrogens (tertiary/aromatic N) is 2. The Morgan fingerprint density at radius 1 is 1.26 bits per heavy atom. The van der Waals surface area contributed by atoms with Crippen molar-refractivity contribution in [2.45, 2.75) is 75.6 Å². The lowest BCUT2D eigenvalue weighted by Gasteiger charge is -2.38. The van der Waals surface area contributed by atoms with E-state index >= 15 is 0 Å². The molecule has 2 aliphatic heterocycles. The summed E-state index contributed by atoms with van der Waals surface area (Å²) < 4.78 is 0. The van der Waals surface area contributed by atoms with E-state index in [1.807, 2.05) is 24.3 Å². The second-order valence-corrected chi connectivity index (χ2v) is 9.23. The number of nitriles is 1. The molecule has 4 N–H and O–H groups in total. The lowest BCUT2D eigenvalue weighted by atomic mass is 9.83. The Balaban J connectivity index is 1.53. The van der Waals surface area contributed by atoms with Gasteiger partial charge in [0.1, 0.15) is 11.9 Å². The molecule has 7 nitrogen and oxygen atoms in total. The molecule has 0 radical (unpaired) electrons. The van der Waals surface area contributed by atoms with Crippen molar-refractivity contribution >= 4 is 11.7 Å². The fourth-order valence-corrected chi connectivity index (χ4v) is 5.22. The van der Waals surface area contributed by atoms with Crippen LogP contribution in [0.25, 0.3) is 0 Å². The van der Waals surface area contributed by atoms with Crippen LogP contribution in [0.4, 0.5) is 0 Å². The van der Waals surface area contributed by atoms with Crippen LogP contribution >= 0.6 is 0 Å². The number of aliphatic hydroxyl groups excluding tert-OH is 1. The lowest BCUT2D eigenvalue weighted by molar-refractivity contribution is -0.125. The van der Waals surface area contributed by atoms with Crippen molar-refractivity contribution in [2.24, 2.45) is 10.9 Å². The number of hydrogen-bond acceptors (Lipinski definition) is 6. The molecule has 7 heteroatoms. The SMILES string of the molecule is N#CCC1(NC(=O)C(CC2CCCCC2)NC2=NC(O)c3ccccc32)CCNCC1. The van der Waals surface area contributed by atoms with Crippen molar-refractivity contribution in [2.75, 3.05) is 13.1 Å². The van der Waals surface area contributed by atoms with Crippen LogP contribution in [0.15, 0.2) is 29.3 Å². The first-order chi connectivity index (χ1) is 15.1. The number of piperidine rings is 1. The molecule has 0 bridgehead atoms. The molecule has 4 rings (SSSR count). The largest absolute Gasteiger partial charge is 0.368 e. The second kappa shape index (κ2) is 9.80. The third kappa shape index (κ3) is 5.08. The van der Waals surface area contributed by atoms with Crippen molar-refractivity contribution in [3.05, 3.63) is 35.4 Å². The van der Waals surface area contributed by atoms with Gasteiger partial charge in [0.2, 0.25) is 5.91 Å². The van der Waals surface area contributed by atoms with Crippen LogP contribution in [0.2, 0.25) is 0 Å². The summed E-state index contributed by atoms with van der Waals surface area (Å²) in [5.41, 5.74) is 1.14. The van der Waals surface area contributed by atoms with Crippen molar-refractivity contribution in [3.63, 3.8) is 0 Å². The van der Waals surface area contributed by atoms with Gasteiger partial charge in [-0.15, -0.1) is 0 Å². The summed E-state index contributed by atoms with van der Waals surface area (Å²) in [6, 6.07) is 9.43. The van der Waals surface area contributed by atoms with Crippen molar-refractivity contribution < 1.29 is 9.90 Å². The highest BCUT2D eigenvalue weighted by atomic mass is 16.3. The predicted octanol–water partition coefficient (Wildman–Crippen LogP) is 2.52. The van der Waals surface area contributed by atoms with Gasteiger partial charge < -0.3 is 21.1 Å². The van der Waals surface area contributed by atoms with Gasteiger partial charge >= 0.3 is 0 Å². The highest BCUT2D eigenvalue weighted by Gasteiger charge is 2.37. The van der Waals surface area contributed by atoms with Gasteiger partial charge in [-0.1, -0.05) is 56.4 Å². The van der Waals surface area contributed by atoms with E-state index in [9.17, 15) is 15.2 Å². The number of aliphatic imine (C=N–C) groups is 1. The van der Waals surface area contributed by atoms with Gasteiger partial charge in [0.25, 0.3) is 0 Å². The highest BCUT2D eigenvalue weighted by molar-refractivity contribution is 6.04. The second-order valence-electron chi connectivity index (χ2n) is 9.23. The Labute approximate surface area is 184 Å². The van der Waals surface area contributed by atoms with Crippen molar-refractivity contribution in [1.82, 2.24) is 16.0 Å². The number of carbonyl (C=O) groups excluding carboxylic acids is 1. The quantitative estimate of drug-likeness (QED) is 0.562.